The molecule has 0 aromatic rings. The molecule has 1 aliphatic carbocycles. The second-order valence-electron chi connectivity index (χ2n) is 2.39. The molecule has 3 nitrogen and oxygen atoms in total. The van der Waals surface area contributed by atoms with E-state index in [1.165, 1.54) is 12.3 Å². The summed E-state index contributed by atoms with van der Waals surface area (Å²) in [6.45, 7) is 0. The maximum absolute atomic E-state index is 11.0. The van der Waals surface area contributed by atoms with Crippen molar-refractivity contribution in [2.24, 2.45) is 5.73 Å². The van der Waals surface area contributed by atoms with Crippen LogP contribution in [-0.4, -0.2) is 19.0 Å². The molecule has 1 unspecified atom stereocenters. The van der Waals surface area contributed by atoms with Crippen molar-refractivity contribution in [2.45, 2.75) is 12.5 Å². The molecule has 0 spiro atoms. The molecule has 1 rings (SSSR count). The van der Waals surface area contributed by atoms with Crippen LogP contribution in [-0.2, 0) is 9.53 Å². The first-order valence-corrected chi connectivity index (χ1v) is 3.44. The number of allylic oxidation sites excluding steroid dienone is 1. The van der Waals surface area contributed by atoms with E-state index in [1.54, 1.807) is 13.2 Å². The number of ketones is 1. The topological polar surface area (TPSA) is 52.3 Å². The fraction of sp³-hybridized carbons (Fsp3) is 0.375. The molecule has 60 valence electrons. The summed E-state index contributed by atoms with van der Waals surface area (Å²) in [6, 6.07) is 0. The lowest BCUT2D eigenvalue weighted by atomic mass is 9.99. The van der Waals surface area contributed by atoms with Gasteiger partial charge in [0.05, 0.1) is 6.10 Å². The van der Waals surface area contributed by atoms with Crippen molar-refractivity contribution < 1.29 is 9.53 Å². The monoisotopic (exact) mass is 153 g/mol. The highest BCUT2D eigenvalue weighted by Crippen LogP contribution is 2.15. The van der Waals surface area contributed by atoms with Crippen LogP contribution in [0.25, 0.3) is 0 Å². The van der Waals surface area contributed by atoms with E-state index < -0.39 is 0 Å². The van der Waals surface area contributed by atoms with Crippen molar-refractivity contribution in [3.63, 3.8) is 0 Å². The van der Waals surface area contributed by atoms with E-state index in [0.717, 1.165) is 0 Å². The maximum atomic E-state index is 11.0. The summed E-state index contributed by atoms with van der Waals surface area (Å²) in [5, 5.41) is 0. The standard InChI is InChI=1S/C8H11NO2/c1-11-7-2-3-8(10)6(4-7)5-9/h2-3,5,7H,4,9H2,1H3. The molecule has 0 saturated heterocycles. The summed E-state index contributed by atoms with van der Waals surface area (Å²) in [5.74, 6) is -0.0131. The van der Waals surface area contributed by atoms with Crippen LogP contribution >= 0.6 is 0 Å². The molecule has 0 amide bonds. The minimum atomic E-state index is -0.0131. The Bertz CT molecular complexity index is 218. The third-order valence-corrected chi connectivity index (χ3v) is 1.70. The SMILES string of the molecule is COC1C=CC(=O)C(=CN)C1. The number of hydrogen-bond donors (Lipinski definition) is 1. The Labute approximate surface area is 65.5 Å². The summed E-state index contributed by atoms with van der Waals surface area (Å²) in [4.78, 5) is 11.0. The number of hydrogen-bond acceptors (Lipinski definition) is 3. The molecule has 0 aliphatic heterocycles. The van der Waals surface area contributed by atoms with Gasteiger partial charge in [0.2, 0.25) is 0 Å². The Morgan fingerprint density at radius 2 is 2.55 bits per heavy atom. The Morgan fingerprint density at radius 3 is 3.09 bits per heavy atom. The highest BCUT2D eigenvalue weighted by Gasteiger charge is 2.16. The number of rotatable bonds is 1. The number of carbonyl (C=O) groups is 1. The van der Waals surface area contributed by atoms with Crippen molar-refractivity contribution in [1.82, 2.24) is 0 Å². The van der Waals surface area contributed by atoms with Gasteiger partial charge in [-0.25, -0.2) is 0 Å². The molecular weight excluding hydrogens is 142 g/mol. The molecule has 0 bridgehead atoms. The lowest BCUT2D eigenvalue weighted by molar-refractivity contribution is -0.112. The lowest BCUT2D eigenvalue weighted by Crippen LogP contribution is -2.18. The van der Waals surface area contributed by atoms with Crippen LogP contribution in [0.1, 0.15) is 6.42 Å². The minimum absolute atomic E-state index is 0.00231. The largest absolute Gasteiger partial charge is 0.404 e. The summed E-state index contributed by atoms with van der Waals surface area (Å²) < 4.78 is 5.04. The maximum Gasteiger partial charge on any atom is 0.183 e. The third-order valence-electron chi connectivity index (χ3n) is 1.70. The first kappa shape index (κ1) is 8.01. The smallest absolute Gasteiger partial charge is 0.183 e. The summed E-state index contributed by atoms with van der Waals surface area (Å²) in [7, 11) is 1.61. The van der Waals surface area contributed by atoms with Crippen LogP contribution in [0.2, 0.25) is 0 Å². The summed E-state index contributed by atoms with van der Waals surface area (Å²) in [6.07, 6.45) is 5.17. The molecule has 1 aliphatic rings. The zero-order valence-electron chi connectivity index (χ0n) is 6.41. The van der Waals surface area contributed by atoms with Gasteiger partial charge in [0.25, 0.3) is 0 Å². The zero-order chi connectivity index (χ0) is 8.27. The molecule has 2 N–H and O–H groups in total. The van der Waals surface area contributed by atoms with Crippen molar-refractivity contribution in [1.29, 1.82) is 0 Å². The van der Waals surface area contributed by atoms with Crippen LogP contribution in [0.5, 0.6) is 0 Å². The number of ether oxygens (including phenoxy) is 1. The van der Waals surface area contributed by atoms with Crippen LogP contribution in [0.3, 0.4) is 0 Å². The van der Waals surface area contributed by atoms with Gasteiger partial charge in [0.1, 0.15) is 0 Å². The summed E-state index contributed by atoms with van der Waals surface area (Å²) in [5.41, 5.74) is 5.86. The molecule has 0 aromatic heterocycles. The highest BCUT2D eigenvalue weighted by atomic mass is 16.5. The van der Waals surface area contributed by atoms with Gasteiger partial charge in [0, 0.05) is 25.3 Å². The van der Waals surface area contributed by atoms with E-state index in [9.17, 15) is 4.79 Å². The van der Waals surface area contributed by atoms with Crippen LogP contribution in [0.4, 0.5) is 0 Å². The minimum Gasteiger partial charge on any atom is -0.404 e. The molecule has 0 fully saturated rings. The number of nitrogens with two attached hydrogens (primary N) is 1. The van der Waals surface area contributed by atoms with Crippen LogP contribution in [0.15, 0.2) is 23.9 Å². The van der Waals surface area contributed by atoms with Gasteiger partial charge in [-0.05, 0) is 6.08 Å². The average Bonchev–Trinajstić information content (AvgIpc) is 2.05. The second-order valence-corrected chi connectivity index (χ2v) is 2.39. The molecule has 11 heavy (non-hydrogen) atoms. The van der Waals surface area contributed by atoms with Gasteiger partial charge in [-0.3, -0.25) is 4.79 Å². The number of methoxy groups -OCH3 is 1. The van der Waals surface area contributed by atoms with Crippen molar-refractivity contribution in [3.8, 4) is 0 Å². The molecule has 0 heterocycles. The number of carbonyl (C=O) groups excluding carboxylic acids is 1. The van der Waals surface area contributed by atoms with E-state index in [1.807, 2.05) is 0 Å². The van der Waals surface area contributed by atoms with E-state index in [2.05, 4.69) is 0 Å². The van der Waals surface area contributed by atoms with E-state index in [0.29, 0.717) is 12.0 Å². The molecule has 3 heteroatoms. The van der Waals surface area contributed by atoms with Gasteiger partial charge in [-0.2, -0.15) is 0 Å². The average molecular weight is 153 g/mol. The normalized spacial score (nSPS) is 27.9. The van der Waals surface area contributed by atoms with Crippen molar-refractivity contribution in [2.75, 3.05) is 7.11 Å². The molecule has 1 atom stereocenters. The van der Waals surface area contributed by atoms with E-state index in [4.69, 9.17) is 10.5 Å². The van der Waals surface area contributed by atoms with Gasteiger partial charge in [0.15, 0.2) is 5.78 Å². The van der Waals surface area contributed by atoms with Crippen molar-refractivity contribution >= 4 is 5.78 Å². The van der Waals surface area contributed by atoms with Gasteiger partial charge < -0.3 is 10.5 Å². The fourth-order valence-corrected chi connectivity index (χ4v) is 0.999. The highest BCUT2D eigenvalue weighted by molar-refractivity contribution is 6.04. The Kier molecular flexibility index (Phi) is 2.44. The fourth-order valence-electron chi connectivity index (χ4n) is 0.999. The first-order valence-electron chi connectivity index (χ1n) is 3.44. The van der Waals surface area contributed by atoms with Gasteiger partial charge in [-0.1, -0.05) is 6.08 Å². The van der Waals surface area contributed by atoms with Gasteiger partial charge in [-0.15, -0.1) is 0 Å². The third kappa shape index (κ3) is 1.68. The van der Waals surface area contributed by atoms with E-state index in [-0.39, 0.29) is 11.9 Å². The molecular formula is C8H11NO2. The first-order chi connectivity index (χ1) is 5.27. The van der Waals surface area contributed by atoms with Gasteiger partial charge >= 0.3 is 0 Å². The lowest BCUT2D eigenvalue weighted by Gasteiger charge is -2.15. The van der Waals surface area contributed by atoms with Crippen LogP contribution < -0.4 is 5.73 Å². The molecule has 0 radical (unpaired) electrons. The van der Waals surface area contributed by atoms with E-state index >= 15 is 0 Å². The Morgan fingerprint density at radius 1 is 1.82 bits per heavy atom. The second kappa shape index (κ2) is 3.34. The quantitative estimate of drug-likeness (QED) is 0.554. The molecule has 0 aromatic carbocycles. The predicted molar refractivity (Wildman–Crippen MR) is 41.8 cm³/mol. The van der Waals surface area contributed by atoms with Crippen molar-refractivity contribution in [3.05, 3.63) is 23.9 Å². The Hall–Kier alpha value is -1.09. The van der Waals surface area contributed by atoms with Crippen LogP contribution in [0, 0.1) is 0 Å². The predicted octanol–water partition coefficient (Wildman–Crippen LogP) is 0.373. The zero-order valence-corrected chi connectivity index (χ0v) is 6.41. The molecule has 0 saturated carbocycles. The Balaban J connectivity index is 2.75. The summed E-state index contributed by atoms with van der Waals surface area (Å²) >= 11 is 0.